The Morgan fingerprint density at radius 3 is 1.41 bits per heavy atom. The van der Waals surface area contributed by atoms with Gasteiger partial charge in [0.2, 0.25) is 0 Å². The minimum absolute atomic E-state index is 0.249. The number of hydrogen-bond acceptors (Lipinski definition) is 2. The number of phenols is 1. The molecule has 2 nitrogen and oxygen atoms in total. The lowest BCUT2D eigenvalue weighted by atomic mass is 10.3. The Hall–Kier alpha value is -1.60. The lowest BCUT2D eigenvalue weighted by Gasteiger charge is -2.08. The van der Waals surface area contributed by atoms with Gasteiger partial charge in [-0.2, -0.15) is 26.3 Å². The third-order valence-corrected chi connectivity index (χ3v) is 1.29. The van der Waals surface area contributed by atoms with Crippen LogP contribution in [-0.4, -0.2) is 17.5 Å². The van der Waals surface area contributed by atoms with Crippen molar-refractivity contribution >= 4 is 5.69 Å². The van der Waals surface area contributed by atoms with E-state index in [9.17, 15) is 26.3 Å². The van der Waals surface area contributed by atoms with Crippen molar-refractivity contribution in [3.05, 3.63) is 24.3 Å². The lowest BCUT2D eigenvalue weighted by molar-refractivity contribution is -0.232. The van der Waals surface area contributed by atoms with E-state index in [2.05, 4.69) is 0 Å². The number of hydrogen-bond donors (Lipinski definition) is 2. The molecule has 0 aliphatic rings. The van der Waals surface area contributed by atoms with Crippen molar-refractivity contribution < 1.29 is 31.4 Å². The normalized spacial score (nSPS) is 11.6. The summed E-state index contributed by atoms with van der Waals surface area (Å²) in [6, 6.07) is 6.40. The molecule has 0 atom stereocenters. The van der Waals surface area contributed by atoms with Crippen molar-refractivity contribution in [2.24, 2.45) is 0 Å². The molecule has 0 spiro atoms. The van der Waals surface area contributed by atoms with Gasteiger partial charge in [0.15, 0.2) is 0 Å². The van der Waals surface area contributed by atoms with Gasteiger partial charge in [0.25, 0.3) is 0 Å². The minimum Gasteiger partial charge on any atom is -0.508 e. The molecular weight excluding hydrogens is 252 g/mol. The summed E-state index contributed by atoms with van der Waals surface area (Å²) in [5.41, 5.74) is 5.98. The Bertz CT molecular complexity index is 296. The Labute approximate surface area is 92.7 Å². The van der Waals surface area contributed by atoms with Crippen LogP contribution in [-0.2, 0) is 0 Å². The molecule has 98 valence electrons. The molecule has 0 bridgehead atoms. The molecule has 0 aromatic heterocycles. The average molecular weight is 261 g/mol. The van der Waals surface area contributed by atoms with Gasteiger partial charge in [0, 0.05) is 5.69 Å². The predicted molar refractivity (Wildman–Crippen MR) is 49.2 cm³/mol. The maximum Gasteiger partial charge on any atom is 0.397 e. The van der Waals surface area contributed by atoms with E-state index in [1.165, 1.54) is 0 Å². The van der Waals surface area contributed by atoms with Gasteiger partial charge in [-0.25, -0.2) is 0 Å². The molecule has 0 amide bonds. The highest BCUT2D eigenvalue weighted by Gasteiger charge is 2.43. The molecule has 8 heteroatoms. The molecule has 0 radical (unpaired) electrons. The van der Waals surface area contributed by atoms with Crippen molar-refractivity contribution in [1.29, 1.82) is 0 Å². The quantitative estimate of drug-likeness (QED) is 0.426. The number of alkyl halides is 6. The lowest BCUT2D eigenvalue weighted by Crippen LogP contribution is -2.20. The second-order valence-corrected chi connectivity index (χ2v) is 3.00. The van der Waals surface area contributed by atoms with Crippen LogP contribution in [0.2, 0.25) is 0 Å². The predicted octanol–water partition coefficient (Wildman–Crippen LogP) is 3.48. The zero-order valence-electron chi connectivity index (χ0n) is 8.31. The van der Waals surface area contributed by atoms with E-state index in [0.29, 0.717) is 5.69 Å². The molecule has 0 saturated carbocycles. The SMILES string of the molecule is FC(F)(F)CC(F)(F)F.Nc1ccc(O)cc1. The number of aromatic hydroxyl groups is 1. The fourth-order valence-electron chi connectivity index (χ4n) is 0.702. The molecule has 0 unspecified atom stereocenters. The highest BCUT2D eigenvalue weighted by Crippen LogP contribution is 2.31. The first-order valence-corrected chi connectivity index (χ1v) is 4.17. The summed E-state index contributed by atoms with van der Waals surface area (Å²) in [6.07, 6.45) is -13.0. The average Bonchev–Trinajstić information content (AvgIpc) is 2.04. The largest absolute Gasteiger partial charge is 0.508 e. The van der Waals surface area contributed by atoms with E-state index in [0.717, 1.165) is 0 Å². The molecule has 0 aliphatic heterocycles. The molecule has 17 heavy (non-hydrogen) atoms. The highest BCUT2D eigenvalue weighted by atomic mass is 19.4. The van der Waals surface area contributed by atoms with Gasteiger partial charge in [-0.1, -0.05) is 0 Å². The van der Waals surface area contributed by atoms with Crippen molar-refractivity contribution in [2.45, 2.75) is 18.8 Å². The summed E-state index contributed by atoms with van der Waals surface area (Å²) < 4.78 is 65.0. The second kappa shape index (κ2) is 5.65. The molecule has 0 aliphatic carbocycles. The number of anilines is 1. The molecule has 0 heterocycles. The van der Waals surface area contributed by atoms with E-state index in [1.807, 2.05) is 0 Å². The van der Waals surface area contributed by atoms with E-state index < -0.39 is 18.8 Å². The van der Waals surface area contributed by atoms with Gasteiger partial charge in [-0.3, -0.25) is 0 Å². The standard InChI is InChI=1S/C6H7NO.C3H2F6/c7-5-1-3-6(8)4-2-5;4-2(5,6)1-3(7,8)9/h1-4,8H,7H2;1H2. The highest BCUT2D eigenvalue weighted by molar-refractivity contribution is 5.40. The molecule has 0 saturated heterocycles. The van der Waals surface area contributed by atoms with Crippen LogP contribution in [0, 0.1) is 0 Å². The van der Waals surface area contributed by atoms with Crippen molar-refractivity contribution in [3.63, 3.8) is 0 Å². The zero-order valence-corrected chi connectivity index (χ0v) is 8.31. The Kier molecular flexibility index (Phi) is 5.11. The number of phenolic OH excluding ortho intramolecular Hbond substituents is 1. The Morgan fingerprint density at radius 2 is 1.24 bits per heavy atom. The first-order valence-electron chi connectivity index (χ1n) is 4.17. The monoisotopic (exact) mass is 261 g/mol. The van der Waals surface area contributed by atoms with Crippen molar-refractivity contribution in [1.82, 2.24) is 0 Å². The van der Waals surface area contributed by atoms with Gasteiger partial charge in [-0.15, -0.1) is 0 Å². The first-order chi connectivity index (χ1) is 7.49. The van der Waals surface area contributed by atoms with Crippen molar-refractivity contribution in [3.8, 4) is 5.75 Å². The molecule has 1 aromatic rings. The Balaban J connectivity index is 0.000000302. The van der Waals surface area contributed by atoms with Crippen LogP contribution in [0.5, 0.6) is 5.75 Å². The number of halogens is 6. The van der Waals surface area contributed by atoms with Gasteiger partial charge in [-0.05, 0) is 24.3 Å². The third kappa shape index (κ3) is 10.7. The zero-order chi connectivity index (χ0) is 13.7. The number of rotatable bonds is 0. The van der Waals surface area contributed by atoms with Crippen LogP contribution >= 0.6 is 0 Å². The molecule has 0 fully saturated rings. The van der Waals surface area contributed by atoms with Gasteiger partial charge in [0.05, 0.1) is 0 Å². The van der Waals surface area contributed by atoms with Crippen LogP contribution in [0.25, 0.3) is 0 Å². The van der Waals surface area contributed by atoms with Crippen LogP contribution < -0.4 is 5.73 Å². The summed E-state index contributed by atoms with van der Waals surface area (Å²) in [6.45, 7) is 0. The summed E-state index contributed by atoms with van der Waals surface area (Å²) in [5, 5.41) is 8.70. The fourth-order valence-corrected chi connectivity index (χ4v) is 0.702. The molecule has 3 N–H and O–H groups in total. The van der Waals surface area contributed by atoms with E-state index >= 15 is 0 Å². The number of nitrogens with two attached hydrogens (primary N) is 1. The maximum atomic E-state index is 10.8. The Morgan fingerprint density at radius 1 is 0.882 bits per heavy atom. The third-order valence-electron chi connectivity index (χ3n) is 1.29. The number of benzene rings is 1. The molecule has 1 aromatic carbocycles. The summed E-state index contributed by atoms with van der Waals surface area (Å²) in [5.74, 6) is 0.249. The van der Waals surface area contributed by atoms with Gasteiger partial charge in [0.1, 0.15) is 12.2 Å². The molecule has 1 rings (SSSR count). The van der Waals surface area contributed by atoms with Crippen LogP contribution in [0.4, 0.5) is 32.0 Å². The smallest absolute Gasteiger partial charge is 0.397 e. The van der Waals surface area contributed by atoms with Crippen LogP contribution in [0.1, 0.15) is 6.42 Å². The fraction of sp³-hybridized carbons (Fsp3) is 0.333. The van der Waals surface area contributed by atoms with Crippen LogP contribution in [0.3, 0.4) is 0 Å². The van der Waals surface area contributed by atoms with Crippen LogP contribution in [0.15, 0.2) is 24.3 Å². The summed E-state index contributed by atoms with van der Waals surface area (Å²) in [4.78, 5) is 0. The van der Waals surface area contributed by atoms with Gasteiger partial charge < -0.3 is 10.8 Å². The topological polar surface area (TPSA) is 46.2 Å². The van der Waals surface area contributed by atoms with E-state index in [1.54, 1.807) is 24.3 Å². The van der Waals surface area contributed by atoms with Gasteiger partial charge >= 0.3 is 12.4 Å². The van der Waals surface area contributed by atoms with E-state index in [-0.39, 0.29) is 5.75 Å². The molecular formula is C9H9F6NO. The number of nitrogen functional groups attached to an aromatic ring is 1. The summed E-state index contributed by atoms with van der Waals surface area (Å²) in [7, 11) is 0. The second-order valence-electron chi connectivity index (χ2n) is 3.00. The maximum absolute atomic E-state index is 10.8. The summed E-state index contributed by atoms with van der Waals surface area (Å²) >= 11 is 0. The first kappa shape index (κ1) is 15.4. The minimum atomic E-state index is -5.14. The van der Waals surface area contributed by atoms with Crippen molar-refractivity contribution in [2.75, 3.05) is 5.73 Å². The van der Waals surface area contributed by atoms with E-state index in [4.69, 9.17) is 10.8 Å².